The number of aryl methyl sites for hydroxylation is 1. The number of aromatic nitrogens is 2. The molecule has 0 atom stereocenters. The van der Waals surface area contributed by atoms with Crippen molar-refractivity contribution in [3.8, 4) is 6.07 Å². The van der Waals surface area contributed by atoms with Crippen molar-refractivity contribution in [3.63, 3.8) is 0 Å². The largest absolute Gasteiger partial charge is 0.390 e. The number of hydrogen-bond donors (Lipinski definition) is 3. The van der Waals surface area contributed by atoms with E-state index in [0.29, 0.717) is 36.5 Å². The van der Waals surface area contributed by atoms with Crippen LogP contribution in [0.25, 0.3) is 11.0 Å². The molecule has 0 bridgehead atoms. The third-order valence-electron chi connectivity index (χ3n) is 6.95. The number of hydrogen-bond acceptors (Lipinski definition) is 5. The normalized spacial score (nSPS) is 13.9. The van der Waals surface area contributed by atoms with Crippen LogP contribution in [-0.4, -0.2) is 39.2 Å². The topological polar surface area (TPSA) is 123 Å². The number of amides is 3. The first-order valence-electron chi connectivity index (χ1n) is 12.8. The molecule has 1 saturated carbocycles. The van der Waals surface area contributed by atoms with Gasteiger partial charge in [0, 0.05) is 25.7 Å². The average Bonchev–Trinajstić information content (AvgIpc) is 3.49. The fourth-order valence-corrected chi connectivity index (χ4v) is 4.72. The molecular weight excluding hydrogens is 487 g/mol. The minimum Gasteiger partial charge on any atom is -0.390 e. The van der Waals surface area contributed by atoms with Crippen LogP contribution in [0.1, 0.15) is 57.9 Å². The minimum absolute atomic E-state index is 0.0554. The molecule has 2 aromatic carbocycles. The average molecular weight is 521 g/mol. The van der Waals surface area contributed by atoms with E-state index >= 15 is 0 Å². The van der Waals surface area contributed by atoms with E-state index in [1.807, 2.05) is 18.2 Å². The predicted octanol–water partition coefficient (Wildman–Crippen LogP) is 5.40. The Hall–Kier alpha value is -3.97. The Morgan fingerprint density at radius 1 is 1.21 bits per heavy atom. The maximum absolute atomic E-state index is 14.3. The predicted molar refractivity (Wildman–Crippen MR) is 144 cm³/mol. The van der Waals surface area contributed by atoms with Crippen molar-refractivity contribution >= 4 is 40.3 Å². The molecular formula is C28H33FN6O3. The summed E-state index contributed by atoms with van der Waals surface area (Å²) in [6.45, 7) is 3.75. The highest BCUT2D eigenvalue weighted by Crippen LogP contribution is 2.30. The zero-order valence-corrected chi connectivity index (χ0v) is 21.9. The van der Waals surface area contributed by atoms with Gasteiger partial charge < -0.3 is 19.9 Å². The van der Waals surface area contributed by atoms with Crippen molar-refractivity contribution in [1.82, 2.24) is 9.55 Å². The Morgan fingerprint density at radius 2 is 1.95 bits per heavy atom. The van der Waals surface area contributed by atoms with Crippen LogP contribution >= 0.6 is 0 Å². The molecule has 0 aliphatic heterocycles. The molecule has 1 aromatic heterocycles. The Kier molecular flexibility index (Phi) is 7.97. The number of nitrogens with one attached hydrogen (secondary N) is 2. The summed E-state index contributed by atoms with van der Waals surface area (Å²) >= 11 is 0. The summed E-state index contributed by atoms with van der Waals surface area (Å²) in [4.78, 5) is 31.8. The van der Waals surface area contributed by atoms with Gasteiger partial charge in [-0.15, -0.1) is 0 Å². The number of nitrogens with zero attached hydrogens (tertiary/aromatic N) is 4. The van der Waals surface area contributed by atoms with Gasteiger partial charge in [0.2, 0.25) is 11.9 Å². The molecule has 0 radical (unpaired) electrons. The molecule has 3 N–H and O–H groups in total. The van der Waals surface area contributed by atoms with E-state index in [1.54, 1.807) is 36.4 Å². The van der Waals surface area contributed by atoms with Crippen LogP contribution in [0.3, 0.4) is 0 Å². The summed E-state index contributed by atoms with van der Waals surface area (Å²) in [5.74, 6) is -0.0255. The molecule has 1 fully saturated rings. The van der Waals surface area contributed by atoms with Crippen LogP contribution in [0.4, 0.5) is 26.5 Å². The molecule has 200 valence electrons. The van der Waals surface area contributed by atoms with Gasteiger partial charge >= 0.3 is 6.03 Å². The second-order valence-corrected chi connectivity index (χ2v) is 10.5. The quantitative estimate of drug-likeness (QED) is 0.367. The monoisotopic (exact) mass is 520 g/mol. The Balaban J connectivity index is 1.58. The number of anilines is 3. The zero-order valence-electron chi connectivity index (χ0n) is 21.9. The maximum Gasteiger partial charge on any atom is 0.326 e. The molecule has 9 nitrogen and oxygen atoms in total. The van der Waals surface area contributed by atoms with Crippen LogP contribution in [-0.2, 0) is 11.3 Å². The van der Waals surface area contributed by atoms with Gasteiger partial charge in [0.15, 0.2) is 0 Å². The summed E-state index contributed by atoms with van der Waals surface area (Å²) in [5.41, 5.74) is 1.10. The van der Waals surface area contributed by atoms with E-state index in [0.717, 1.165) is 24.4 Å². The van der Waals surface area contributed by atoms with Crippen LogP contribution in [0.15, 0.2) is 36.4 Å². The van der Waals surface area contributed by atoms with Gasteiger partial charge in [0.05, 0.1) is 34.0 Å². The minimum atomic E-state index is -0.950. The van der Waals surface area contributed by atoms with Gasteiger partial charge in [-0.25, -0.2) is 14.2 Å². The first-order chi connectivity index (χ1) is 18.0. The second-order valence-electron chi connectivity index (χ2n) is 10.5. The number of aliphatic hydroxyl groups is 1. The number of carbonyl (C=O) groups is 2. The number of fused-ring (bicyclic) bond motifs is 1. The molecule has 0 saturated heterocycles. The number of benzene rings is 2. The lowest BCUT2D eigenvalue weighted by Crippen LogP contribution is -2.27. The van der Waals surface area contributed by atoms with Crippen molar-refractivity contribution in [2.24, 2.45) is 5.92 Å². The molecule has 10 heteroatoms. The lowest BCUT2D eigenvalue weighted by atomic mass is 10.0. The SMILES string of the molecule is CN(C(=O)CC1CCCC1)c1ccc2c(c1)nc(NC(=O)Nc1ccc(C#N)cc1F)n2CCC(C)(C)O. The van der Waals surface area contributed by atoms with E-state index in [-0.39, 0.29) is 23.1 Å². The van der Waals surface area contributed by atoms with E-state index in [9.17, 15) is 19.1 Å². The van der Waals surface area contributed by atoms with Crippen LogP contribution in [0.5, 0.6) is 0 Å². The summed E-state index contributed by atoms with van der Waals surface area (Å²) in [7, 11) is 1.75. The number of rotatable bonds is 8. The standard InChI is InChI=1S/C28H33FN6O3/c1-28(2,38)12-13-35-24-11-9-20(34(3)25(36)15-18-6-4-5-7-18)16-23(24)31-26(35)33-27(37)32-22-10-8-19(17-30)14-21(22)29/h8-11,14,16,18,38H,4-7,12-13,15H2,1-3H3,(H2,31,32,33,37). The smallest absolute Gasteiger partial charge is 0.326 e. The van der Waals surface area contributed by atoms with Gasteiger partial charge in [0.25, 0.3) is 0 Å². The maximum atomic E-state index is 14.3. The Labute approximate surface area is 221 Å². The van der Waals surface area contributed by atoms with E-state index in [1.165, 1.54) is 25.0 Å². The molecule has 1 aliphatic rings. The van der Waals surface area contributed by atoms with Gasteiger partial charge in [-0.1, -0.05) is 12.8 Å². The number of imidazole rings is 1. The van der Waals surface area contributed by atoms with Crippen LogP contribution < -0.4 is 15.5 Å². The zero-order chi connectivity index (χ0) is 27.4. The molecule has 1 heterocycles. The third-order valence-corrected chi connectivity index (χ3v) is 6.95. The molecule has 1 aliphatic carbocycles. The van der Waals surface area contributed by atoms with E-state index < -0.39 is 17.4 Å². The highest BCUT2D eigenvalue weighted by molar-refractivity contribution is 6.00. The number of nitriles is 1. The van der Waals surface area contributed by atoms with Crippen LogP contribution in [0.2, 0.25) is 0 Å². The Bertz CT molecular complexity index is 1380. The number of carbonyl (C=O) groups excluding carboxylic acids is 2. The van der Waals surface area contributed by atoms with Crippen molar-refractivity contribution in [1.29, 1.82) is 5.26 Å². The fraction of sp³-hybridized carbons (Fsp3) is 0.429. The van der Waals surface area contributed by atoms with Crippen molar-refractivity contribution in [3.05, 3.63) is 47.8 Å². The lowest BCUT2D eigenvalue weighted by molar-refractivity contribution is -0.119. The lowest BCUT2D eigenvalue weighted by Gasteiger charge is -2.20. The molecule has 3 aromatic rings. The summed E-state index contributed by atoms with van der Waals surface area (Å²) in [5, 5.41) is 24.3. The number of urea groups is 1. The summed E-state index contributed by atoms with van der Waals surface area (Å²) in [6, 6.07) is 10.4. The molecule has 3 amide bonds. The van der Waals surface area contributed by atoms with Gasteiger partial charge in [-0.3, -0.25) is 10.1 Å². The summed E-state index contributed by atoms with van der Waals surface area (Å²) < 4.78 is 16.0. The van der Waals surface area contributed by atoms with Gasteiger partial charge in [0.1, 0.15) is 5.82 Å². The van der Waals surface area contributed by atoms with Gasteiger partial charge in [-0.05, 0) is 75.4 Å². The first-order valence-corrected chi connectivity index (χ1v) is 12.8. The fourth-order valence-electron chi connectivity index (χ4n) is 4.72. The third kappa shape index (κ3) is 6.47. The highest BCUT2D eigenvalue weighted by atomic mass is 19.1. The van der Waals surface area contributed by atoms with Crippen LogP contribution in [0, 0.1) is 23.1 Å². The second kappa shape index (κ2) is 11.2. The molecule has 38 heavy (non-hydrogen) atoms. The molecule has 0 unspecified atom stereocenters. The first kappa shape index (κ1) is 27.1. The van der Waals surface area contributed by atoms with Gasteiger partial charge in [-0.2, -0.15) is 5.26 Å². The van der Waals surface area contributed by atoms with Crippen molar-refractivity contribution < 1.29 is 19.1 Å². The number of halogens is 1. The van der Waals surface area contributed by atoms with E-state index in [4.69, 9.17) is 5.26 Å². The van der Waals surface area contributed by atoms with Crippen molar-refractivity contribution in [2.75, 3.05) is 22.6 Å². The molecule has 4 rings (SSSR count). The van der Waals surface area contributed by atoms with Crippen molar-refractivity contribution in [2.45, 2.75) is 64.5 Å². The summed E-state index contributed by atoms with van der Waals surface area (Å²) in [6.07, 6.45) is 5.45. The molecule has 0 spiro atoms. The Morgan fingerprint density at radius 3 is 2.61 bits per heavy atom. The highest BCUT2D eigenvalue weighted by Gasteiger charge is 2.23. The van der Waals surface area contributed by atoms with E-state index in [2.05, 4.69) is 15.6 Å².